The van der Waals surface area contributed by atoms with Crippen molar-refractivity contribution >= 4 is 35.8 Å². The minimum Gasteiger partial charge on any atom is -0.461 e. The van der Waals surface area contributed by atoms with Crippen molar-refractivity contribution in [3.05, 3.63) is 0 Å². The lowest BCUT2D eigenvalue weighted by atomic mass is 10.0. The fourth-order valence-electron chi connectivity index (χ4n) is 8.14. The molecule has 0 aliphatic carbocycles. The summed E-state index contributed by atoms with van der Waals surface area (Å²) < 4.78 is 34.1. The van der Waals surface area contributed by atoms with Crippen LogP contribution >= 0.6 is 0 Å². The number of rotatable bonds is 48. The Labute approximate surface area is 432 Å². The van der Waals surface area contributed by atoms with E-state index >= 15 is 0 Å². The lowest BCUT2D eigenvalue weighted by molar-refractivity contribution is -0.169. The van der Waals surface area contributed by atoms with Gasteiger partial charge >= 0.3 is 35.8 Å². The van der Waals surface area contributed by atoms with E-state index in [9.17, 15) is 28.8 Å². The first-order valence-corrected chi connectivity index (χ1v) is 28.5. The highest BCUT2D eigenvalue weighted by Crippen LogP contribution is 2.18. The molecular weight excluding hydrogens is 905 g/mol. The number of esters is 6. The summed E-state index contributed by atoms with van der Waals surface area (Å²) >= 11 is 0. The molecule has 0 radical (unpaired) electrons. The van der Waals surface area contributed by atoms with Crippen LogP contribution in [0, 0.1) is 23.7 Å². The molecule has 416 valence electrons. The molecule has 0 aliphatic rings. The highest BCUT2D eigenvalue weighted by atomic mass is 16.6. The first-order valence-electron chi connectivity index (χ1n) is 28.5. The van der Waals surface area contributed by atoms with Crippen LogP contribution in [-0.2, 0) is 57.2 Å². The van der Waals surface area contributed by atoms with Crippen LogP contribution in [0.1, 0.15) is 229 Å². The summed E-state index contributed by atoms with van der Waals surface area (Å²) in [5, 5.41) is 0. The van der Waals surface area contributed by atoms with Crippen molar-refractivity contribution in [2.75, 3.05) is 66.7 Å². The molecule has 0 aliphatic heterocycles. The van der Waals surface area contributed by atoms with Crippen LogP contribution in [0.3, 0.4) is 0 Å². The topological polar surface area (TPSA) is 164 Å². The molecular formula is C57H106N2O12. The minimum absolute atomic E-state index is 0.104. The predicted molar refractivity (Wildman–Crippen MR) is 283 cm³/mol. The Balaban J connectivity index is 5.67. The molecule has 71 heavy (non-hydrogen) atoms. The van der Waals surface area contributed by atoms with Crippen LogP contribution in [0.15, 0.2) is 0 Å². The molecule has 0 amide bonds. The Bertz CT molecular complexity index is 1220. The van der Waals surface area contributed by atoms with Crippen molar-refractivity contribution in [1.29, 1.82) is 0 Å². The van der Waals surface area contributed by atoms with Crippen molar-refractivity contribution in [2.45, 2.75) is 241 Å². The summed E-state index contributed by atoms with van der Waals surface area (Å²) in [5.41, 5.74) is 0. The van der Waals surface area contributed by atoms with E-state index in [4.69, 9.17) is 28.4 Å². The molecule has 14 heteroatoms. The van der Waals surface area contributed by atoms with Gasteiger partial charge in [-0.05, 0) is 91.6 Å². The van der Waals surface area contributed by atoms with Crippen molar-refractivity contribution in [3.63, 3.8) is 0 Å². The summed E-state index contributed by atoms with van der Waals surface area (Å²) in [7, 11) is 4.11. The van der Waals surface area contributed by atoms with Gasteiger partial charge in [0.1, 0.15) is 26.4 Å². The van der Waals surface area contributed by atoms with E-state index in [2.05, 4.69) is 51.6 Å². The smallest absolute Gasteiger partial charge is 0.308 e. The van der Waals surface area contributed by atoms with Crippen molar-refractivity contribution in [1.82, 2.24) is 9.80 Å². The van der Waals surface area contributed by atoms with E-state index < -0.39 is 24.1 Å². The highest BCUT2D eigenvalue weighted by molar-refractivity contribution is 5.74. The predicted octanol–water partition coefficient (Wildman–Crippen LogP) is 12.0. The molecule has 0 aromatic rings. The van der Waals surface area contributed by atoms with E-state index in [1.54, 1.807) is 0 Å². The van der Waals surface area contributed by atoms with Gasteiger partial charge in [0.25, 0.3) is 0 Å². The third kappa shape index (κ3) is 39.0. The normalized spacial score (nSPS) is 14.0. The zero-order valence-electron chi connectivity index (χ0n) is 47.0. The Hall–Kier alpha value is -3.26. The van der Waals surface area contributed by atoms with Crippen molar-refractivity contribution < 1.29 is 57.2 Å². The molecule has 14 nitrogen and oxygen atoms in total. The van der Waals surface area contributed by atoms with E-state index in [1.807, 2.05) is 27.7 Å². The zero-order chi connectivity index (χ0) is 53.1. The summed E-state index contributed by atoms with van der Waals surface area (Å²) in [6.45, 7) is 18.1. The third-order valence-corrected chi connectivity index (χ3v) is 13.1. The van der Waals surface area contributed by atoms with Crippen LogP contribution < -0.4 is 0 Å². The van der Waals surface area contributed by atoms with Crippen molar-refractivity contribution in [3.8, 4) is 0 Å². The standard InChI is InChI=1S/C57H106N2O12/c1-11-15-19-24-32-46(5)54(62)66-42-50(43-67-55(63)47(6)33-25-20-16-12-2)70-52(60)36-30-40-59(39-29-23-28-38-58(9)10)41-31-37-53(61)71-51(44-68-56(64)48(7)34-26-21-17-13-3)45-69-57(65)49(8)35-27-22-18-14-4/h46-51H,11-45H2,1-10H3. The lowest BCUT2D eigenvalue weighted by Crippen LogP contribution is -2.33. The van der Waals surface area contributed by atoms with Crippen molar-refractivity contribution in [2.24, 2.45) is 23.7 Å². The molecule has 0 fully saturated rings. The number of carbonyl (C=O) groups excluding carboxylic acids is 6. The summed E-state index contributed by atoms with van der Waals surface area (Å²) in [4.78, 5) is 82.7. The van der Waals surface area contributed by atoms with Crippen LogP contribution in [0.25, 0.3) is 0 Å². The average Bonchev–Trinajstić information content (AvgIpc) is 3.34. The first kappa shape index (κ1) is 67.7. The molecule has 0 aromatic carbocycles. The Kier molecular flexibility index (Phi) is 43.3. The molecule has 4 atom stereocenters. The fourth-order valence-corrected chi connectivity index (χ4v) is 8.14. The zero-order valence-corrected chi connectivity index (χ0v) is 47.0. The van der Waals surface area contributed by atoms with Crippen LogP contribution in [0.5, 0.6) is 0 Å². The van der Waals surface area contributed by atoms with E-state index in [1.165, 1.54) is 0 Å². The molecule has 0 rings (SSSR count). The molecule has 0 aromatic heterocycles. The lowest BCUT2D eigenvalue weighted by Gasteiger charge is -2.23. The Morgan fingerprint density at radius 3 is 0.901 bits per heavy atom. The minimum atomic E-state index is -0.928. The van der Waals surface area contributed by atoms with E-state index in [0.717, 1.165) is 135 Å². The van der Waals surface area contributed by atoms with Gasteiger partial charge in [-0.25, -0.2) is 0 Å². The SMILES string of the molecule is CCCCCCC(C)C(=O)OCC(COC(=O)C(C)CCCCCC)OC(=O)CCCN(CCCCCN(C)C)CCCC(=O)OC(COC(=O)C(C)CCCCCC)COC(=O)C(C)CCCCCC. The van der Waals surface area contributed by atoms with Gasteiger partial charge in [-0.3, -0.25) is 28.8 Å². The fraction of sp³-hybridized carbons (Fsp3) is 0.895. The largest absolute Gasteiger partial charge is 0.461 e. The summed E-state index contributed by atoms with van der Waals surface area (Å²) in [5.74, 6) is -3.55. The maximum Gasteiger partial charge on any atom is 0.308 e. The monoisotopic (exact) mass is 1010 g/mol. The van der Waals surface area contributed by atoms with Gasteiger partial charge in [-0.15, -0.1) is 0 Å². The van der Waals surface area contributed by atoms with Gasteiger partial charge in [0, 0.05) is 12.8 Å². The maximum absolute atomic E-state index is 13.3. The number of unbranched alkanes of at least 4 members (excludes halogenated alkanes) is 14. The molecule has 4 unspecified atom stereocenters. The first-order chi connectivity index (χ1) is 34.1. The number of carbonyl (C=O) groups is 6. The number of ether oxygens (including phenoxy) is 6. The third-order valence-electron chi connectivity index (χ3n) is 13.1. The maximum atomic E-state index is 13.3. The second kappa shape index (κ2) is 45.4. The molecule has 0 heterocycles. The highest BCUT2D eigenvalue weighted by Gasteiger charge is 2.26. The molecule has 0 N–H and O–H groups in total. The second-order valence-electron chi connectivity index (χ2n) is 20.7. The van der Waals surface area contributed by atoms with E-state index in [-0.39, 0.29) is 86.8 Å². The van der Waals surface area contributed by atoms with Gasteiger partial charge in [0.15, 0.2) is 12.2 Å². The van der Waals surface area contributed by atoms with Crippen LogP contribution in [0.4, 0.5) is 0 Å². The van der Waals surface area contributed by atoms with Gasteiger partial charge in [-0.2, -0.15) is 0 Å². The average molecular weight is 1010 g/mol. The van der Waals surface area contributed by atoms with Crippen LogP contribution in [0.2, 0.25) is 0 Å². The summed E-state index contributed by atoms with van der Waals surface area (Å²) in [6.07, 6.45) is 22.1. The van der Waals surface area contributed by atoms with E-state index in [0.29, 0.717) is 51.6 Å². The number of hydrogen-bond donors (Lipinski definition) is 0. The molecule has 0 saturated carbocycles. The summed E-state index contributed by atoms with van der Waals surface area (Å²) in [6, 6.07) is 0. The van der Waals surface area contributed by atoms with Gasteiger partial charge in [0.2, 0.25) is 0 Å². The number of hydrogen-bond acceptors (Lipinski definition) is 14. The van der Waals surface area contributed by atoms with Gasteiger partial charge < -0.3 is 38.2 Å². The Morgan fingerprint density at radius 1 is 0.352 bits per heavy atom. The molecule has 0 spiro atoms. The molecule has 0 bridgehead atoms. The van der Waals surface area contributed by atoms with Gasteiger partial charge in [0.05, 0.1) is 23.7 Å². The Morgan fingerprint density at radius 2 is 0.620 bits per heavy atom. The quantitative estimate of drug-likeness (QED) is 0.0321. The number of nitrogens with zero attached hydrogens (tertiary/aromatic N) is 2. The van der Waals surface area contributed by atoms with Crippen LogP contribution in [-0.4, -0.2) is 125 Å². The second-order valence-corrected chi connectivity index (χ2v) is 20.7. The van der Waals surface area contributed by atoms with Gasteiger partial charge in [-0.1, -0.05) is 165 Å². The molecule has 0 saturated heterocycles.